The molecule has 4 nitrogen and oxygen atoms in total. The zero-order chi connectivity index (χ0) is 8.49. The summed E-state index contributed by atoms with van der Waals surface area (Å²) in [5.74, 6) is 0. The summed E-state index contributed by atoms with van der Waals surface area (Å²) in [7, 11) is 0. The van der Waals surface area contributed by atoms with Gasteiger partial charge in [-0.15, -0.1) is 0 Å². The van der Waals surface area contributed by atoms with E-state index in [1.165, 1.54) is 0 Å². The Morgan fingerprint density at radius 3 is 0.692 bits per heavy atom. The molecule has 0 bridgehead atoms. The molecule has 0 amide bonds. The van der Waals surface area contributed by atoms with E-state index >= 15 is 0 Å². The summed E-state index contributed by atoms with van der Waals surface area (Å²) in [6, 6.07) is 0. The quantitative estimate of drug-likeness (QED) is 0.568. The minimum atomic E-state index is 0. The second kappa shape index (κ2) is 10.4. The molecule has 1 aliphatic heterocycles. The Morgan fingerprint density at radius 2 is 0.538 bits per heavy atom. The molecule has 1 radical (unpaired) electrons. The molecule has 0 aromatic carbocycles. The van der Waals surface area contributed by atoms with E-state index in [4.69, 9.17) is 0 Å². The van der Waals surface area contributed by atoms with Crippen molar-refractivity contribution < 1.29 is 17.1 Å². The van der Waals surface area contributed by atoms with Crippen LogP contribution in [0.2, 0.25) is 0 Å². The molecule has 0 unspecified atom stereocenters. The molecule has 0 aromatic heterocycles. The van der Waals surface area contributed by atoms with Crippen molar-refractivity contribution >= 4 is 0 Å². The molecule has 1 rings (SSSR count). The fourth-order valence-electron chi connectivity index (χ4n) is 1.01. The third-order valence-corrected chi connectivity index (χ3v) is 1.66. The summed E-state index contributed by atoms with van der Waals surface area (Å²) >= 11 is 0. The van der Waals surface area contributed by atoms with Crippen molar-refractivity contribution in [1.82, 2.24) is 0 Å². The van der Waals surface area contributed by atoms with E-state index in [0.29, 0.717) is 0 Å². The van der Waals surface area contributed by atoms with Crippen LogP contribution in [-0.4, -0.2) is 52.4 Å². The van der Waals surface area contributed by atoms with Gasteiger partial charge in [0.15, 0.2) is 0 Å². The number of rotatable bonds is 0. The second-order valence-corrected chi connectivity index (χ2v) is 2.68. The van der Waals surface area contributed by atoms with E-state index in [2.05, 4.69) is 21.3 Å². The van der Waals surface area contributed by atoms with Crippen LogP contribution >= 0.6 is 0 Å². The monoisotopic (exact) mass is 231 g/mol. The summed E-state index contributed by atoms with van der Waals surface area (Å²) in [5.41, 5.74) is 0. The Balaban J connectivity index is 0.00000144. The fraction of sp³-hybridized carbons (Fsp3) is 1.00. The molecule has 1 aliphatic rings. The Labute approximate surface area is 91.1 Å². The molecule has 13 heavy (non-hydrogen) atoms. The van der Waals surface area contributed by atoms with Crippen LogP contribution in [0.5, 0.6) is 0 Å². The molecule has 5 heteroatoms. The third-order valence-electron chi connectivity index (χ3n) is 1.66. The Hall–Kier alpha value is 0.359. The smallest absolute Gasteiger partial charge is 0 e. The number of hydrogen-bond acceptors (Lipinski definition) is 0. The van der Waals surface area contributed by atoms with Crippen LogP contribution in [0.15, 0.2) is 0 Å². The summed E-state index contributed by atoms with van der Waals surface area (Å²) in [5, 5.41) is 17.1. The molecule has 0 aliphatic carbocycles. The first kappa shape index (κ1) is 13.4. The largest absolute Gasteiger partial charge is 0.665 e. The first-order chi connectivity index (χ1) is 6.00. The van der Waals surface area contributed by atoms with Gasteiger partial charge in [0, 0.05) is 17.1 Å². The molecular weight excluding hydrogens is 216 g/mol. The minimum Gasteiger partial charge on any atom is -0.665 e. The van der Waals surface area contributed by atoms with Crippen LogP contribution in [0.3, 0.4) is 0 Å². The van der Waals surface area contributed by atoms with Gasteiger partial charge >= 0.3 is 0 Å². The van der Waals surface area contributed by atoms with Crippen LogP contribution < -0.4 is 0 Å². The van der Waals surface area contributed by atoms with E-state index in [1.54, 1.807) is 0 Å². The van der Waals surface area contributed by atoms with Gasteiger partial charge in [0.25, 0.3) is 0 Å². The van der Waals surface area contributed by atoms with Crippen molar-refractivity contribution in [2.24, 2.45) is 0 Å². The maximum atomic E-state index is 4.29. The van der Waals surface area contributed by atoms with Gasteiger partial charge in [-0.2, -0.15) is 52.4 Å². The third kappa shape index (κ3) is 8.68. The summed E-state index contributed by atoms with van der Waals surface area (Å²) in [6.07, 6.45) is 0. The average molecular weight is 232 g/mol. The van der Waals surface area contributed by atoms with Crippen LogP contribution in [0, 0.1) is 0 Å². The van der Waals surface area contributed by atoms with Crippen LogP contribution in [-0.2, 0) is 17.1 Å². The molecule has 1 heterocycles. The van der Waals surface area contributed by atoms with Crippen molar-refractivity contribution in [1.29, 1.82) is 0 Å². The molecule has 1 fully saturated rings. The van der Waals surface area contributed by atoms with Gasteiger partial charge < -0.3 is 21.3 Å². The van der Waals surface area contributed by atoms with Gasteiger partial charge in [0.05, 0.1) is 0 Å². The second-order valence-electron chi connectivity index (χ2n) is 2.68. The molecule has 0 spiro atoms. The maximum absolute atomic E-state index is 4.29. The van der Waals surface area contributed by atoms with Crippen molar-refractivity contribution in [3.63, 3.8) is 0 Å². The molecule has 1 saturated heterocycles. The number of nitrogens with zero attached hydrogens (tertiary/aromatic N) is 4. The summed E-state index contributed by atoms with van der Waals surface area (Å²) in [6.45, 7) is 6.85. The molecule has 0 aromatic rings. The van der Waals surface area contributed by atoms with Crippen molar-refractivity contribution in [2.75, 3.05) is 52.4 Å². The number of hydrogen-bond donors (Lipinski definition) is 0. The Kier molecular flexibility index (Phi) is 10.7. The van der Waals surface area contributed by atoms with Gasteiger partial charge in [-0.05, 0) is 0 Å². The topological polar surface area (TPSA) is 56.4 Å². The van der Waals surface area contributed by atoms with E-state index in [-0.39, 0.29) is 17.1 Å². The standard InChI is InChI=1S/C8H16N4.Cu/c1-2-10-5-6-12-8-7-11-4-3-9-1;/h1-8H2;/q-4;. The van der Waals surface area contributed by atoms with Gasteiger partial charge in [-0.1, -0.05) is 0 Å². The van der Waals surface area contributed by atoms with E-state index in [0.717, 1.165) is 52.4 Å². The fourth-order valence-corrected chi connectivity index (χ4v) is 1.01. The normalized spacial score (nSPS) is 22.2. The Morgan fingerprint density at radius 1 is 0.385 bits per heavy atom. The van der Waals surface area contributed by atoms with E-state index < -0.39 is 0 Å². The zero-order valence-corrected chi connectivity index (χ0v) is 8.69. The minimum absolute atomic E-state index is 0. The van der Waals surface area contributed by atoms with Crippen molar-refractivity contribution in [3.8, 4) is 0 Å². The van der Waals surface area contributed by atoms with Crippen LogP contribution in [0.4, 0.5) is 0 Å². The Bertz CT molecular complexity index is 59.1. The average Bonchev–Trinajstić information content (AvgIpc) is 2.05. The molecule has 0 N–H and O–H groups in total. The molecule has 0 atom stereocenters. The predicted octanol–water partition coefficient (Wildman–Crippen LogP) is 1.49. The SMILES string of the molecule is C1C[N-]CC[N-]CC[N-]CC[N-]1.[Cu]. The first-order valence-corrected chi connectivity index (χ1v) is 4.53. The van der Waals surface area contributed by atoms with Gasteiger partial charge in [-0.25, -0.2) is 0 Å². The van der Waals surface area contributed by atoms with Crippen molar-refractivity contribution in [3.05, 3.63) is 21.3 Å². The van der Waals surface area contributed by atoms with Gasteiger partial charge in [0.1, 0.15) is 0 Å². The predicted molar refractivity (Wildman–Crippen MR) is 52.4 cm³/mol. The van der Waals surface area contributed by atoms with Crippen LogP contribution in [0.25, 0.3) is 21.3 Å². The zero-order valence-electron chi connectivity index (χ0n) is 7.75. The summed E-state index contributed by atoms with van der Waals surface area (Å²) < 4.78 is 0. The van der Waals surface area contributed by atoms with E-state index in [1.807, 2.05) is 0 Å². The summed E-state index contributed by atoms with van der Waals surface area (Å²) in [4.78, 5) is 0. The van der Waals surface area contributed by atoms with E-state index in [9.17, 15) is 0 Å². The molecule has 83 valence electrons. The van der Waals surface area contributed by atoms with Gasteiger partial charge in [-0.3, -0.25) is 0 Å². The van der Waals surface area contributed by atoms with Crippen molar-refractivity contribution in [2.45, 2.75) is 0 Å². The van der Waals surface area contributed by atoms with Crippen LogP contribution in [0.1, 0.15) is 0 Å². The van der Waals surface area contributed by atoms with Gasteiger partial charge in [0.2, 0.25) is 0 Å². The first-order valence-electron chi connectivity index (χ1n) is 4.53. The molecule has 0 saturated carbocycles. The maximum Gasteiger partial charge on any atom is 0 e. The molecular formula is C8H16CuN4-4.